The van der Waals surface area contributed by atoms with Gasteiger partial charge in [-0.15, -0.1) is 0 Å². The quantitative estimate of drug-likeness (QED) is 0.674. The Labute approximate surface area is 104 Å². The van der Waals surface area contributed by atoms with Crippen LogP contribution in [-0.2, 0) is 6.42 Å². The third kappa shape index (κ3) is 1.75. The highest BCUT2D eigenvalue weighted by molar-refractivity contribution is 6.91. The third-order valence-corrected chi connectivity index (χ3v) is 8.05. The molecule has 1 aromatic carbocycles. The van der Waals surface area contributed by atoms with Crippen molar-refractivity contribution < 1.29 is 0 Å². The molecule has 0 heterocycles. The van der Waals surface area contributed by atoms with Gasteiger partial charge >= 0.3 is 0 Å². The van der Waals surface area contributed by atoms with E-state index >= 15 is 0 Å². The van der Waals surface area contributed by atoms with Gasteiger partial charge in [0, 0.05) is 0 Å². The van der Waals surface area contributed by atoms with Crippen LogP contribution in [0.3, 0.4) is 0 Å². The van der Waals surface area contributed by atoms with Gasteiger partial charge in [0.05, 0.1) is 0 Å². The Morgan fingerprint density at radius 2 is 1.88 bits per heavy atom. The zero-order chi connectivity index (χ0) is 11.9. The molecule has 0 fully saturated rings. The Morgan fingerprint density at radius 1 is 1.06 bits per heavy atom. The van der Waals surface area contributed by atoms with E-state index in [-0.39, 0.29) is 0 Å². The molecule has 17 heavy (non-hydrogen) atoms. The van der Waals surface area contributed by atoms with Crippen LogP contribution >= 0.6 is 0 Å². The molecule has 1 heteroatoms. The summed E-state index contributed by atoms with van der Waals surface area (Å²) in [7, 11) is -1.38. The van der Waals surface area contributed by atoms with E-state index < -0.39 is 8.07 Å². The molecular formula is C16H18Si. The van der Waals surface area contributed by atoms with Crippen molar-refractivity contribution >= 4 is 14.1 Å². The van der Waals surface area contributed by atoms with Gasteiger partial charge in [-0.2, -0.15) is 0 Å². The molecule has 0 nitrogen and oxygen atoms in total. The highest BCUT2D eigenvalue weighted by atomic mass is 28.3. The number of hydrogen-bond acceptors (Lipinski definition) is 0. The summed E-state index contributed by atoms with van der Waals surface area (Å²) in [5, 5.41) is 3.37. The molecule has 0 unspecified atom stereocenters. The SMILES string of the molecule is C[Si](C)(C1=CC=CC1)C1=Cc2ccccc2C1. The van der Waals surface area contributed by atoms with Crippen molar-refractivity contribution in [2.75, 3.05) is 0 Å². The first-order valence-electron chi connectivity index (χ1n) is 6.33. The van der Waals surface area contributed by atoms with Gasteiger partial charge < -0.3 is 0 Å². The molecule has 0 aliphatic heterocycles. The summed E-state index contributed by atoms with van der Waals surface area (Å²) in [5.41, 5.74) is 2.95. The number of allylic oxidation sites excluding steroid dienone is 5. The zero-order valence-electron chi connectivity index (χ0n) is 10.5. The number of fused-ring (bicyclic) bond motifs is 1. The second-order valence-electron chi connectivity index (χ2n) is 5.49. The molecule has 2 aliphatic rings. The summed E-state index contributed by atoms with van der Waals surface area (Å²) in [6, 6.07) is 8.81. The average Bonchev–Trinajstić information content (AvgIpc) is 2.98. The van der Waals surface area contributed by atoms with Crippen molar-refractivity contribution in [1.29, 1.82) is 0 Å². The lowest BCUT2D eigenvalue weighted by Gasteiger charge is -2.26. The van der Waals surface area contributed by atoms with E-state index in [0.29, 0.717) is 0 Å². The largest absolute Gasteiger partial charge is 0.103 e. The lowest BCUT2D eigenvalue weighted by atomic mass is 10.1. The summed E-state index contributed by atoms with van der Waals surface area (Å²) in [6.45, 7) is 4.98. The van der Waals surface area contributed by atoms with Gasteiger partial charge in [-0.05, 0) is 24.0 Å². The third-order valence-electron chi connectivity index (χ3n) is 4.14. The van der Waals surface area contributed by atoms with E-state index in [0.717, 1.165) is 0 Å². The minimum absolute atomic E-state index is 1.17. The molecule has 3 rings (SSSR count). The monoisotopic (exact) mass is 238 g/mol. The average molecular weight is 238 g/mol. The van der Waals surface area contributed by atoms with Gasteiger partial charge in [-0.3, -0.25) is 0 Å². The van der Waals surface area contributed by atoms with Crippen molar-refractivity contribution in [3.63, 3.8) is 0 Å². The Kier molecular flexibility index (Phi) is 2.44. The molecule has 0 spiro atoms. The van der Waals surface area contributed by atoms with Crippen LogP contribution in [0.4, 0.5) is 0 Å². The predicted molar refractivity (Wildman–Crippen MR) is 77.4 cm³/mol. The van der Waals surface area contributed by atoms with Gasteiger partial charge in [-0.1, -0.05) is 72.1 Å². The second kappa shape index (κ2) is 3.85. The minimum Gasteiger partial charge on any atom is -0.0809 e. The molecular weight excluding hydrogens is 220 g/mol. The molecule has 0 atom stereocenters. The van der Waals surface area contributed by atoms with Crippen LogP contribution in [0.1, 0.15) is 17.5 Å². The molecule has 0 saturated heterocycles. The number of benzene rings is 1. The lowest BCUT2D eigenvalue weighted by molar-refractivity contribution is 1.24. The lowest BCUT2D eigenvalue weighted by Crippen LogP contribution is -2.32. The van der Waals surface area contributed by atoms with Crippen molar-refractivity contribution in [2.24, 2.45) is 0 Å². The highest BCUT2D eigenvalue weighted by Gasteiger charge is 2.32. The molecule has 1 aromatic rings. The fraction of sp³-hybridized carbons (Fsp3) is 0.250. The molecule has 0 saturated carbocycles. The molecule has 0 bridgehead atoms. The van der Waals surface area contributed by atoms with Crippen LogP contribution in [0.5, 0.6) is 0 Å². The van der Waals surface area contributed by atoms with Crippen LogP contribution < -0.4 is 0 Å². The standard InChI is InChI=1S/C16H18Si/c1-17(2,15-9-5-6-10-15)16-11-13-7-3-4-8-14(13)12-16/h3-9,11H,10,12H2,1-2H3. The first kappa shape index (κ1) is 10.8. The summed E-state index contributed by atoms with van der Waals surface area (Å²) in [4.78, 5) is 0. The van der Waals surface area contributed by atoms with Crippen LogP contribution in [0.25, 0.3) is 6.08 Å². The van der Waals surface area contributed by atoms with Gasteiger partial charge in [0.25, 0.3) is 0 Å². The summed E-state index contributed by atoms with van der Waals surface area (Å²) >= 11 is 0. The molecule has 0 radical (unpaired) electrons. The molecule has 0 aromatic heterocycles. The minimum atomic E-state index is -1.38. The number of hydrogen-bond donors (Lipinski definition) is 0. The van der Waals surface area contributed by atoms with Crippen LogP contribution in [0, 0.1) is 0 Å². The van der Waals surface area contributed by atoms with Gasteiger partial charge in [0.15, 0.2) is 0 Å². The maximum absolute atomic E-state index is 2.49. The Bertz CT molecular complexity index is 544. The maximum Gasteiger partial charge on any atom is 0.103 e. The fourth-order valence-electron chi connectivity index (χ4n) is 2.80. The highest BCUT2D eigenvalue weighted by Crippen LogP contribution is 2.36. The van der Waals surface area contributed by atoms with E-state index in [2.05, 4.69) is 61.7 Å². The number of rotatable bonds is 2. The van der Waals surface area contributed by atoms with E-state index in [1.807, 2.05) is 0 Å². The Morgan fingerprint density at radius 3 is 2.59 bits per heavy atom. The van der Waals surface area contributed by atoms with Crippen molar-refractivity contribution in [2.45, 2.75) is 25.9 Å². The maximum atomic E-state index is 2.49. The van der Waals surface area contributed by atoms with Gasteiger partial charge in [0.1, 0.15) is 8.07 Å². The second-order valence-corrected chi connectivity index (χ2v) is 10.0. The fourth-order valence-corrected chi connectivity index (χ4v) is 5.50. The Balaban J connectivity index is 1.93. The molecule has 86 valence electrons. The Hall–Kier alpha value is -1.34. The smallest absolute Gasteiger partial charge is 0.0809 e. The first-order valence-corrected chi connectivity index (χ1v) is 9.33. The predicted octanol–water partition coefficient (Wildman–Crippen LogP) is 4.30. The molecule has 0 N–H and O–H groups in total. The van der Waals surface area contributed by atoms with Crippen LogP contribution in [0.15, 0.2) is 52.9 Å². The summed E-state index contributed by atoms with van der Waals surface area (Å²) in [6.07, 6.45) is 11.6. The van der Waals surface area contributed by atoms with E-state index in [1.165, 1.54) is 24.0 Å². The molecule has 2 aliphatic carbocycles. The first-order chi connectivity index (χ1) is 8.18. The van der Waals surface area contributed by atoms with Crippen molar-refractivity contribution in [3.8, 4) is 0 Å². The van der Waals surface area contributed by atoms with Crippen molar-refractivity contribution in [3.05, 3.63) is 64.0 Å². The van der Waals surface area contributed by atoms with Gasteiger partial charge in [-0.25, -0.2) is 0 Å². The van der Waals surface area contributed by atoms with E-state index in [1.54, 1.807) is 10.4 Å². The van der Waals surface area contributed by atoms with E-state index in [9.17, 15) is 0 Å². The van der Waals surface area contributed by atoms with Crippen molar-refractivity contribution in [1.82, 2.24) is 0 Å². The van der Waals surface area contributed by atoms with Crippen LogP contribution in [-0.4, -0.2) is 8.07 Å². The molecule has 0 amide bonds. The van der Waals surface area contributed by atoms with Gasteiger partial charge in [0.2, 0.25) is 0 Å². The van der Waals surface area contributed by atoms with E-state index in [4.69, 9.17) is 0 Å². The normalized spacial score (nSPS) is 18.0. The van der Waals surface area contributed by atoms with Crippen LogP contribution in [0.2, 0.25) is 13.1 Å². The topological polar surface area (TPSA) is 0 Å². The summed E-state index contributed by atoms with van der Waals surface area (Å²) in [5.74, 6) is 0. The summed E-state index contributed by atoms with van der Waals surface area (Å²) < 4.78 is 0. The zero-order valence-corrected chi connectivity index (χ0v) is 11.5.